The van der Waals surface area contributed by atoms with E-state index in [1.165, 1.54) is 5.69 Å². The fourth-order valence-electron chi connectivity index (χ4n) is 6.18. The van der Waals surface area contributed by atoms with Crippen LogP contribution in [0.15, 0.2) is 34.9 Å². The van der Waals surface area contributed by atoms with Crippen LogP contribution in [0, 0.1) is 17.8 Å². The minimum atomic E-state index is -0.197. The summed E-state index contributed by atoms with van der Waals surface area (Å²) in [6.45, 7) is 4.26. The third-order valence-corrected chi connectivity index (χ3v) is 8.64. The zero-order valence-corrected chi connectivity index (χ0v) is 20.9. The van der Waals surface area contributed by atoms with E-state index in [1.54, 1.807) is 6.20 Å². The first kappa shape index (κ1) is 21.9. The third-order valence-electron chi connectivity index (χ3n) is 8.04. The normalized spacial score (nSPS) is 26.9. The maximum absolute atomic E-state index is 12.2. The highest BCUT2D eigenvalue weighted by Gasteiger charge is 2.50. The summed E-state index contributed by atoms with van der Waals surface area (Å²) < 4.78 is 0.853. The number of carbonyl (C=O) groups is 1. The third kappa shape index (κ3) is 3.75. The molecule has 1 aliphatic heterocycles. The Morgan fingerprint density at radius 1 is 1.15 bits per heavy atom. The zero-order valence-electron chi connectivity index (χ0n) is 19.3. The molecule has 4 atom stereocenters. The van der Waals surface area contributed by atoms with E-state index in [9.17, 15) is 4.79 Å². The number of anilines is 2. The molecule has 0 unspecified atom stereocenters. The largest absolute Gasteiger partial charge is 0.378 e. The highest BCUT2D eigenvalue weighted by atomic mass is 79.9. The van der Waals surface area contributed by atoms with Crippen molar-refractivity contribution in [3.05, 3.63) is 34.9 Å². The predicted molar refractivity (Wildman–Crippen MR) is 138 cm³/mol. The molecule has 1 amide bonds. The van der Waals surface area contributed by atoms with Crippen molar-refractivity contribution >= 4 is 44.4 Å². The average Bonchev–Trinajstić information content (AvgIpc) is 3.56. The van der Waals surface area contributed by atoms with Crippen molar-refractivity contribution in [1.29, 1.82) is 0 Å². The molecule has 178 valence electrons. The van der Waals surface area contributed by atoms with Gasteiger partial charge in [0.2, 0.25) is 5.91 Å². The average molecular weight is 524 g/mol. The summed E-state index contributed by atoms with van der Waals surface area (Å²) in [4.78, 5) is 29.8. The van der Waals surface area contributed by atoms with Crippen LogP contribution in [0.4, 0.5) is 11.4 Å². The van der Waals surface area contributed by atoms with Crippen molar-refractivity contribution in [2.45, 2.75) is 25.3 Å². The van der Waals surface area contributed by atoms with Crippen LogP contribution < -0.4 is 16.0 Å². The number of aromatic nitrogens is 3. The summed E-state index contributed by atoms with van der Waals surface area (Å²) in [7, 11) is 2.17. The SMILES string of the molecule is CN1CCN(c2ccc(-c3nc4ncc(Br)c(N[C@@H]5[C@@H]6CC[C@H](C6)[C@@H]5C(N)=O)c4[nH]3)cc2)CC1. The molecule has 0 radical (unpaired) electrons. The number of fused-ring (bicyclic) bond motifs is 3. The molecule has 3 aromatic rings. The van der Waals surface area contributed by atoms with Gasteiger partial charge in [-0.3, -0.25) is 4.79 Å². The lowest BCUT2D eigenvalue weighted by Gasteiger charge is -2.34. The molecule has 4 N–H and O–H groups in total. The fourth-order valence-corrected chi connectivity index (χ4v) is 6.60. The molecule has 2 saturated carbocycles. The standard InChI is InChI=1S/C25H30BrN7O/c1-32-8-10-33(11-9-32)17-6-4-14(5-7-17)24-30-22-21(18(26)13-28-25(22)31-24)29-20-16-3-2-15(12-16)19(20)23(27)34/h4-7,13,15-16,19-20H,2-3,8-12H2,1H3,(H2,27,34)(H2,28,29,30,31)/t15-,16-,19+,20-/m1/s1. The van der Waals surface area contributed by atoms with Crippen LogP contribution in [0.3, 0.4) is 0 Å². The number of likely N-dealkylation sites (N-methyl/N-ethyl adjacent to an activating group) is 1. The molecule has 3 aliphatic rings. The summed E-state index contributed by atoms with van der Waals surface area (Å²) in [5.74, 6) is 1.33. The Morgan fingerprint density at radius 2 is 1.88 bits per heavy atom. The van der Waals surface area contributed by atoms with Gasteiger partial charge in [-0.2, -0.15) is 0 Å². The Morgan fingerprint density at radius 3 is 2.62 bits per heavy atom. The molecule has 8 nitrogen and oxygen atoms in total. The van der Waals surface area contributed by atoms with Crippen LogP contribution in [0.25, 0.3) is 22.6 Å². The number of carbonyl (C=O) groups excluding carboxylic acids is 1. The highest BCUT2D eigenvalue weighted by Crippen LogP contribution is 2.50. The number of pyridine rings is 1. The van der Waals surface area contributed by atoms with Gasteiger partial charge in [0.25, 0.3) is 0 Å². The molecule has 1 aromatic carbocycles. The van der Waals surface area contributed by atoms with Crippen molar-refractivity contribution in [3.63, 3.8) is 0 Å². The maximum atomic E-state index is 12.2. The van der Waals surface area contributed by atoms with Crippen LogP contribution in [-0.2, 0) is 4.79 Å². The van der Waals surface area contributed by atoms with Gasteiger partial charge < -0.3 is 25.8 Å². The van der Waals surface area contributed by atoms with Crippen molar-refractivity contribution < 1.29 is 4.79 Å². The first-order chi connectivity index (χ1) is 16.5. The van der Waals surface area contributed by atoms with Crippen molar-refractivity contribution in [3.8, 4) is 11.4 Å². The van der Waals surface area contributed by atoms with Crippen LogP contribution in [0.5, 0.6) is 0 Å². The van der Waals surface area contributed by atoms with E-state index in [-0.39, 0.29) is 17.9 Å². The van der Waals surface area contributed by atoms with Gasteiger partial charge in [-0.15, -0.1) is 0 Å². The van der Waals surface area contributed by atoms with E-state index in [0.29, 0.717) is 17.5 Å². The van der Waals surface area contributed by atoms with Gasteiger partial charge in [0.05, 0.1) is 16.1 Å². The second kappa shape index (κ2) is 8.53. The number of hydrogen-bond donors (Lipinski definition) is 3. The Kier molecular flexibility index (Phi) is 5.49. The van der Waals surface area contributed by atoms with E-state index < -0.39 is 0 Å². The summed E-state index contributed by atoms with van der Waals surface area (Å²) in [5.41, 5.74) is 10.5. The first-order valence-electron chi connectivity index (χ1n) is 12.1. The van der Waals surface area contributed by atoms with Gasteiger partial charge in [0.1, 0.15) is 11.3 Å². The van der Waals surface area contributed by atoms with Gasteiger partial charge in [-0.25, -0.2) is 9.97 Å². The summed E-state index contributed by atoms with van der Waals surface area (Å²) >= 11 is 3.66. The molecular weight excluding hydrogens is 494 g/mol. The lowest BCUT2D eigenvalue weighted by atomic mass is 9.84. The summed E-state index contributed by atoms with van der Waals surface area (Å²) in [6, 6.07) is 8.62. The molecule has 3 fully saturated rings. The molecule has 2 aromatic heterocycles. The predicted octanol–water partition coefficient (Wildman–Crippen LogP) is 3.45. The summed E-state index contributed by atoms with van der Waals surface area (Å²) in [6.07, 6.45) is 5.09. The lowest BCUT2D eigenvalue weighted by Crippen LogP contribution is -2.44. The molecular formula is C25H30BrN7O. The van der Waals surface area contributed by atoms with Crippen LogP contribution in [-0.4, -0.2) is 65.0 Å². The monoisotopic (exact) mass is 523 g/mol. The first-order valence-corrected chi connectivity index (χ1v) is 12.9. The molecule has 6 rings (SSSR count). The quantitative estimate of drug-likeness (QED) is 0.473. The summed E-state index contributed by atoms with van der Waals surface area (Å²) in [5, 5.41) is 3.67. The molecule has 9 heteroatoms. The number of nitrogens with one attached hydrogen (secondary N) is 2. The number of amides is 1. The number of piperazine rings is 1. The minimum Gasteiger partial charge on any atom is -0.378 e. The second-order valence-corrected chi connectivity index (χ2v) is 10.9. The zero-order chi connectivity index (χ0) is 23.4. The number of nitrogens with two attached hydrogens (primary N) is 1. The number of nitrogens with zero attached hydrogens (tertiary/aromatic N) is 4. The number of primary amides is 1. The number of benzene rings is 1. The number of rotatable bonds is 5. The molecule has 2 bridgehead atoms. The Labute approximate surface area is 207 Å². The van der Waals surface area contributed by atoms with Crippen molar-refractivity contribution in [2.24, 2.45) is 23.5 Å². The molecule has 1 saturated heterocycles. The smallest absolute Gasteiger partial charge is 0.222 e. The highest BCUT2D eigenvalue weighted by molar-refractivity contribution is 9.10. The van der Waals surface area contributed by atoms with E-state index in [2.05, 4.69) is 72.3 Å². The van der Waals surface area contributed by atoms with Crippen LogP contribution in [0.2, 0.25) is 0 Å². The lowest BCUT2D eigenvalue weighted by molar-refractivity contribution is -0.123. The maximum Gasteiger partial charge on any atom is 0.222 e. The van der Waals surface area contributed by atoms with Gasteiger partial charge in [0.15, 0.2) is 5.65 Å². The van der Waals surface area contributed by atoms with E-state index >= 15 is 0 Å². The molecule has 0 spiro atoms. The fraction of sp³-hybridized carbons (Fsp3) is 0.480. The number of H-pyrrole nitrogens is 1. The molecule has 34 heavy (non-hydrogen) atoms. The number of imidazole rings is 1. The van der Waals surface area contributed by atoms with Gasteiger partial charge in [0, 0.05) is 49.7 Å². The van der Waals surface area contributed by atoms with Crippen molar-refractivity contribution in [2.75, 3.05) is 43.4 Å². The Balaban J connectivity index is 1.28. The minimum absolute atomic E-state index is 0.0489. The number of hydrogen-bond acceptors (Lipinski definition) is 6. The van der Waals surface area contributed by atoms with Crippen LogP contribution in [0.1, 0.15) is 19.3 Å². The molecule has 3 heterocycles. The van der Waals surface area contributed by atoms with Crippen molar-refractivity contribution in [1.82, 2.24) is 19.9 Å². The topological polar surface area (TPSA) is 103 Å². The van der Waals surface area contributed by atoms with Crippen LogP contribution >= 0.6 is 15.9 Å². The number of aromatic amines is 1. The van der Waals surface area contributed by atoms with E-state index in [4.69, 9.17) is 10.7 Å². The second-order valence-electron chi connectivity index (χ2n) is 10.0. The number of halogens is 1. The Hall–Kier alpha value is -2.65. The van der Waals surface area contributed by atoms with Gasteiger partial charge >= 0.3 is 0 Å². The molecule has 2 aliphatic carbocycles. The van der Waals surface area contributed by atoms with Gasteiger partial charge in [-0.05, 0) is 78.3 Å². The van der Waals surface area contributed by atoms with Gasteiger partial charge in [-0.1, -0.05) is 0 Å². The van der Waals surface area contributed by atoms with E-state index in [0.717, 1.165) is 72.5 Å². The Bertz CT molecular complexity index is 1220. The van der Waals surface area contributed by atoms with E-state index in [1.807, 2.05) is 0 Å².